The van der Waals surface area contributed by atoms with E-state index < -0.39 is 0 Å². The Morgan fingerprint density at radius 1 is 0.417 bits per heavy atom. The molecule has 0 bridgehead atoms. The van der Waals surface area contributed by atoms with Crippen molar-refractivity contribution in [3.05, 3.63) is 0 Å². The van der Waals surface area contributed by atoms with Crippen molar-refractivity contribution in [2.75, 3.05) is 13.1 Å². The first-order valence-corrected chi connectivity index (χ1v) is 21.5. The smallest absolute Gasteiger partial charge is 0.223 e. The molecule has 0 aliphatic rings. The number of Topliss-reactive ketones (excluding diaryl/α,β-unsaturated/α-hetero) is 1. The lowest BCUT2D eigenvalue weighted by atomic mass is 9.93. The van der Waals surface area contributed by atoms with Gasteiger partial charge >= 0.3 is 0 Å². The van der Waals surface area contributed by atoms with E-state index in [4.69, 9.17) is 0 Å². The van der Waals surface area contributed by atoms with E-state index in [9.17, 15) is 14.4 Å². The van der Waals surface area contributed by atoms with Gasteiger partial charge in [0.15, 0.2) is 0 Å². The van der Waals surface area contributed by atoms with E-state index in [1.54, 1.807) is 0 Å². The summed E-state index contributed by atoms with van der Waals surface area (Å²) in [5, 5.41) is 5.98. The highest BCUT2D eigenvalue weighted by molar-refractivity contribution is 5.86. The predicted octanol–water partition coefficient (Wildman–Crippen LogP) is 12.7. The van der Waals surface area contributed by atoms with Crippen LogP contribution in [-0.2, 0) is 14.4 Å². The lowest BCUT2D eigenvalue weighted by Gasteiger charge is -2.16. The molecule has 0 heterocycles. The highest BCUT2D eigenvalue weighted by Crippen LogP contribution is 2.18. The Balaban J connectivity index is 3.94. The molecule has 0 aromatic rings. The monoisotopic (exact) mass is 677 g/mol. The molecule has 0 aliphatic heterocycles. The van der Waals surface area contributed by atoms with Crippen LogP contribution in [0, 0.1) is 5.92 Å². The van der Waals surface area contributed by atoms with E-state index in [-0.39, 0.29) is 23.5 Å². The maximum atomic E-state index is 13.0. The zero-order chi connectivity index (χ0) is 35.2. The van der Waals surface area contributed by atoms with Crippen molar-refractivity contribution in [3.63, 3.8) is 0 Å². The molecule has 0 unspecified atom stereocenters. The topological polar surface area (TPSA) is 75.3 Å². The third-order valence-corrected chi connectivity index (χ3v) is 10.1. The summed E-state index contributed by atoms with van der Waals surface area (Å²) < 4.78 is 0. The van der Waals surface area contributed by atoms with Gasteiger partial charge in [-0.25, -0.2) is 0 Å². The summed E-state index contributed by atoms with van der Waals surface area (Å²) in [5.41, 5.74) is 0. The minimum Gasteiger partial charge on any atom is -0.356 e. The Morgan fingerprint density at radius 3 is 1.15 bits per heavy atom. The SMILES string of the molecule is CCCCCCCCCCCCCCCCCCCCCC(=O)C[C@@H](CCCCNC(C)=O)C(=O)NCCCCCCCCCCCC. The zero-order valence-electron chi connectivity index (χ0n) is 32.8. The van der Waals surface area contributed by atoms with Gasteiger partial charge in [-0.3, -0.25) is 14.4 Å². The van der Waals surface area contributed by atoms with Crippen molar-refractivity contribution in [2.45, 2.75) is 239 Å². The Labute approximate surface area is 300 Å². The number of hydrogen-bond acceptors (Lipinski definition) is 3. The first-order valence-electron chi connectivity index (χ1n) is 21.5. The molecule has 0 rings (SSSR count). The van der Waals surface area contributed by atoms with Gasteiger partial charge in [0.1, 0.15) is 5.78 Å². The highest BCUT2D eigenvalue weighted by atomic mass is 16.2. The summed E-state index contributed by atoms with van der Waals surface area (Å²) >= 11 is 0. The van der Waals surface area contributed by atoms with Gasteiger partial charge in [-0.2, -0.15) is 0 Å². The maximum absolute atomic E-state index is 13.0. The summed E-state index contributed by atoms with van der Waals surface area (Å²) in [7, 11) is 0. The van der Waals surface area contributed by atoms with Crippen molar-refractivity contribution < 1.29 is 14.4 Å². The average Bonchev–Trinajstić information content (AvgIpc) is 3.07. The van der Waals surface area contributed by atoms with Crippen LogP contribution in [-0.4, -0.2) is 30.7 Å². The van der Waals surface area contributed by atoms with Crippen molar-refractivity contribution in [1.82, 2.24) is 10.6 Å². The molecular formula is C43H84N2O3. The fraction of sp³-hybridized carbons (Fsp3) is 0.930. The third kappa shape index (κ3) is 35.9. The summed E-state index contributed by atoms with van der Waals surface area (Å²) in [4.78, 5) is 37.0. The van der Waals surface area contributed by atoms with Crippen LogP contribution in [0.1, 0.15) is 239 Å². The Bertz CT molecular complexity index is 710. The lowest BCUT2D eigenvalue weighted by molar-refractivity contribution is -0.129. The largest absolute Gasteiger partial charge is 0.356 e. The van der Waals surface area contributed by atoms with Crippen LogP contribution in [0.15, 0.2) is 0 Å². The van der Waals surface area contributed by atoms with E-state index >= 15 is 0 Å². The molecule has 2 amide bonds. The number of ketones is 1. The lowest BCUT2D eigenvalue weighted by Crippen LogP contribution is -2.33. The molecule has 0 fully saturated rings. The number of amides is 2. The molecule has 2 N–H and O–H groups in total. The zero-order valence-corrected chi connectivity index (χ0v) is 32.8. The normalized spacial score (nSPS) is 11.9. The summed E-state index contributed by atoms with van der Waals surface area (Å²) in [6.07, 6.45) is 41.9. The maximum Gasteiger partial charge on any atom is 0.223 e. The van der Waals surface area contributed by atoms with Crippen molar-refractivity contribution >= 4 is 17.6 Å². The molecule has 0 aromatic heterocycles. The van der Waals surface area contributed by atoms with Crippen molar-refractivity contribution in [3.8, 4) is 0 Å². The highest BCUT2D eigenvalue weighted by Gasteiger charge is 2.21. The van der Waals surface area contributed by atoms with Gasteiger partial charge in [0.05, 0.1) is 0 Å². The number of unbranched alkanes of at least 4 members (excludes halogenated alkanes) is 28. The van der Waals surface area contributed by atoms with E-state index in [0.29, 0.717) is 32.4 Å². The van der Waals surface area contributed by atoms with Gasteiger partial charge in [0.25, 0.3) is 0 Å². The quantitative estimate of drug-likeness (QED) is 0.0636. The van der Waals surface area contributed by atoms with E-state index in [1.807, 2.05) is 0 Å². The number of carbonyl (C=O) groups excluding carboxylic acids is 3. The van der Waals surface area contributed by atoms with Crippen LogP contribution in [0.2, 0.25) is 0 Å². The second-order valence-electron chi connectivity index (χ2n) is 15.0. The molecule has 0 aliphatic carbocycles. The average molecular weight is 677 g/mol. The molecule has 0 saturated carbocycles. The minimum atomic E-state index is -0.238. The van der Waals surface area contributed by atoms with Gasteiger partial charge < -0.3 is 10.6 Å². The molecule has 0 spiro atoms. The second kappa shape index (κ2) is 38.4. The fourth-order valence-electron chi connectivity index (χ4n) is 6.85. The minimum absolute atomic E-state index is 0.0180. The molecule has 0 saturated heterocycles. The number of nitrogens with one attached hydrogen (secondary N) is 2. The molecule has 5 nitrogen and oxygen atoms in total. The van der Waals surface area contributed by atoms with Gasteiger partial charge in [0, 0.05) is 38.8 Å². The molecule has 48 heavy (non-hydrogen) atoms. The van der Waals surface area contributed by atoms with E-state index in [0.717, 1.165) is 38.5 Å². The Morgan fingerprint density at radius 2 is 0.750 bits per heavy atom. The number of carbonyl (C=O) groups is 3. The van der Waals surface area contributed by atoms with Gasteiger partial charge in [-0.15, -0.1) is 0 Å². The van der Waals surface area contributed by atoms with Crippen LogP contribution in [0.25, 0.3) is 0 Å². The fourth-order valence-corrected chi connectivity index (χ4v) is 6.85. The van der Waals surface area contributed by atoms with Gasteiger partial charge in [0.2, 0.25) is 11.8 Å². The van der Waals surface area contributed by atoms with Crippen molar-refractivity contribution in [1.29, 1.82) is 0 Å². The van der Waals surface area contributed by atoms with Crippen LogP contribution in [0.5, 0.6) is 0 Å². The first-order chi connectivity index (χ1) is 23.5. The molecule has 0 radical (unpaired) electrons. The molecule has 1 atom stereocenters. The summed E-state index contributed by atoms with van der Waals surface area (Å²) in [5.74, 6) is 0.0312. The van der Waals surface area contributed by atoms with E-state index in [1.165, 1.54) is 167 Å². The van der Waals surface area contributed by atoms with Crippen LogP contribution >= 0.6 is 0 Å². The molecule has 5 heteroatoms. The van der Waals surface area contributed by atoms with Crippen LogP contribution in [0.4, 0.5) is 0 Å². The van der Waals surface area contributed by atoms with Gasteiger partial charge in [-0.05, 0) is 25.7 Å². The number of hydrogen-bond donors (Lipinski definition) is 2. The molecule has 284 valence electrons. The second-order valence-corrected chi connectivity index (χ2v) is 15.0. The Hall–Kier alpha value is -1.39. The Kier molecular flexibility index (Phi) is 37.3. The van der Waals surface area contributed by atoms with E-state index in [2.05, 4.69) is 24.5 Å². The summed E-state index contributed by atoms with van der Waals surface area (Å²) in [6.45, 7) is 7.43. The summed E-state index contributed by atoms with van der Waals surface area (Å²) in [6, 6.07) is 0. The first kappa shape index (κ1) is 46.6. The van der Waals surface area contributed by atoms with Crippen LogP contribution < -0.4 is 10.6 Å². The standard InChI is InChI=1S/C43H84N2O3/c1-4-6-8-10-12-14-16-17-18-19-20-21-22-23-24-25-27-29-31-36-42(47)39-41(35-32-34-37-44-40(3)46)43(48)45-38-33-30-28-26-15-13-11-9-7-5-2/h41H,4-39H2,1-3H3,(H,44,46)(H,45,48)/t41-/m1/s1. The molecule has 0 aromatic carbocycles. The molecular weight excluding hydrogens is 592 g/mol. The van der Waals surface area contributed by atoms with Crippen LogP contribution in [0.3, 0.4) is 0 Å². The number of rotatable bonds is 39. The third-order valence-electron chi connectivity index (χ3n) is 10.1. The van der Waals surface area contributed by atoms with Gasteiger partial charge in [-0.1, -0.05) is 194 Å². The predicted molar refractivity (Wildman–Crippen MR) is 209 cm³/mol. The van der Waals surface area contributed by atoms with Crippen molar-refractivity contribution in [2.24, 2.45) is 5.92 Å².